The third kappa shape index (κ3) is 7.33. The maximum absolute atomic E-state index is 13.2. The molecule has 0 aliphatic rings. The van der Waals surface area contributed by atoms with Crippen LogP contribution >= 0.6 is 0 Å². The zero-order valence-corrected chi connectivity index (χ0v) is 27.5. The van der Waals surface area contributed by atoms with Crippen LogP contribution in [0.3, 0.4) is 0 Å². The Kier molecular flexibility index (Phi) is 9.35. The number of carbonyl (C=O) groups excluding carboxylic acids is 2. The van der Waals surface area contributed by atoms with E-state index in [9.17, 15) is 36.6 Å². The van der Waals surface area contributed by atoms with Gasteiger partial charge in [-0.3, -0.25) is 9.59 Å². The third-order valence-corrected chi connectivity index (χ3v) is 10.1. The van der Waals surface area contributed by atoms with E-state index in [1.165, 1.54) is 48.5 Å². The molecule has 6 aromatic carbocycles. The fraction of sp³-hybridized carbons (Fsp3) is 0. The number of hydrogen-bond donors (Lipinski definition) is 6. The maximum atomic E-state index is 13.2. The lowest BCUT2D eigenvalue weighted by molar-refractivity contribution is 0.103. The first-order chi connectivity index (χ1) is 23.9. The van der Waals surface area contributed by atoms with Gasteiger partial charge in [0.1, 0.15) is 11.5 Å². The highest BCUT2D eigenvalue weighted by atomic mass is 32.2. The molecule has 0 fully saturated rings. The molecule has 252 valence electrons. The van der Waals surface area contributed by atoms with Crippen molar-refractivity contribution in [1.29, 1.82) is 0 Å². The summed E-state index contributed by atoms with van der Waals surface area (Å²) in [5, 5.41) is 21.0. The Morgan fingerprint density at radius 2 is 0.800 bits per heavy atom. The molecule has 0 heterocycles. The van der Waals surface area contributed by atoms with Crippen molar-refractivity contribution in [3.05, 3.63) is 156 Å². The molecule has 0 saturated carbocycles. The Balaban J connectivity index is 1.16. The van der Waals surface area contributed by atoms with E-state index in [1.54, 1.807) is 60.7 Å². The number of nitrogens with one attached hydrogen (secondary N) is 4. The highest BCUT2D eigenvalue weighted by molar-refractivity contribution is 7.89. The number of hydrazine groups is 2. The molecule has 6 aromatic rings. The van der Waals surface area contributed by atoms with E-state index >= 15 is 0 Å². The van der Waals surface area contributed by atoms with Crippen molar-refractivity contribution in [1.82, 2.24) is 9.66 Å². The number of hydrogen-bond acceptors (Lipinski definition) is 10. The molecule has 0 aromatic heterocycles. The molecule has 50 heavy (non-hydrogen) atoms. The summed E-state index contributed by atoms with van der Waals surface area (Å²) < 4.78 is 52.7. The summed E-state index contributed by atoms with van der Waals surface area (Å²) in [7, 11) is -8.70. The maximum Gasteiger partial charge on any atom is 0.257 e. The van der Waals surface area contributed by atoms with Crippen LogP contribution in [0.25, 0.3) is 10.8 Å². The minimum atomic E-state index is -4.35. The number of rotatable bonds is 12. The van der Waals surface area contributed by atoms with E-state index in [1.807, 2.05) is 0 Å². The topological polar surface area (TPSA) is 191 Å². The summed E-state index contributed by atoms with van der Waals surface area (Å²) in [5.41, 5.74) is 7.50. The molecule has 0 bridgehead atoms. The number of fused-ring (bicyclic) bond motifs is 1. The number of phenols is 2. The van der Waals surface area contributed by atoms with E-state index < -0.39 is 41.3 Å². The molecule has 12 nitrogen and oxygen atoms in total. The lowest BCUT2D eigenvalue weighted by Gasteiger charge is -2.14. The predicted molar refractivity (Wildman–Crippen MR) is 188 cm³/mol. The molecular formula is C36H28N4O8S2. The number of aromatic hydroxyl groups is 2. The second-order valence-electron chi connectivity index (χ2n) is 11.0. The molecule has 0 amide bonds. The van der Waals surface area contributed by atoms with Gasteiger partial charge in [0.25, 0.3) is 20.0 Å². The van der Waals surface area contributed by atoms with Gasteiger partial charge in [0.15, 0.2) is 11.6 Å². The summed E-state index contributed by atoms with van der Waals surface area (Å²) in [6, 6.07) is 33.5. The van der Waals surface area contributed by atoms with E-state index in [2.05, 4.69) is 20.5 Å². The normalized spacial score (nSPS) is 11.6. The van der Waals surface area contributed by atoms with Crippen molar-refractivity contribution >= 4 is 53.8 Å². The van der Waals surface area contributed by atoms with Gasteiger partial charge in [-0.1, -0.05) is 60.7 Å². The van der Waals surface area contributed by atoms with E-state index in [0.29, 0.717) is 33.6 Å². The quantitative estimate of drug-likeness (QED) is 0.0716. The van der Waals surface area contributed by atoms with Crippen LogP contribution in [0.15, 0.2) is 143 Å². The smallest absolute Gasteiger partial charge is 0.257 e. The standard InChI is InChI=1S/C36H28N4O8S2/c41-32-21-30(49(45,46)39-37-28-15-11-25(12-16-28)35(43)23-7-3-1-4-8-23)19-27-20-31(22-33(42)34(27)32)50(47,48)40-38-29-17-13-26(14-18-29)36(44)24-9-5-2-6-10-24/h1-22,37-42H. The van der Waals surface area contributed by atoms with Crippen LogP contribution in [0.2, 0.25) is 0 Å². The molecule has 14 heteroatoms. The summed E-state index contributed by atoms with van der Waals surface area (Å²) in [6.45, 7) is 0. The number of sulfonamides is 2. The van der Waals surface area contributed by atoms with Crippen LogP contribution in [0.5, 0.6) is 11.5 Å². The molecule has 6 rings (SSSR count). The van der Waals surface area contributed by atoms with Crippen molar-refractivity contribution in [2.45, 2.75) is 9.79 Å². The SMILES string of the molecule is O=C(c1ccccc1)c1ccc(NNS(=O)(=O)c2cc(O)c3c(O)cc(S(=O)(=O)NNc4ccc(C(=O)c5ccccc5)cc4)cc3c2)cc1. The van der Waals surface area contributed by atoms with E-state index in [4.69, 9.17) is 0 Å². The molecule has 0 unspecified atom stereocenters. The molecule has 0 aliphatic heterocycles. The molecule has 0 atom stereocenters. The lowest BCUT2D eigenvalue weighted by Crippen LogP contribution is -2.29. The van der Waals surface area contributed by atoms with Crippen LogP contribution in [-0.4, -0.2) is 38.6 Å². The van der Waals surface area contributed by atoms with Gasteiger partial charge in [0.2, 0.25) is 0 Å². The number of benzene rings is 6. The van der Waals surface area contributed by atoms with Gasteiger partial charge in [-0.25, -0.2) is 16.8 Å². The van der Waals surface area contributed by atoms with Crippen LogP contribution in [0.4, 0.5) is 11.4 Å². The average molecular weight is 709 g/mol. The first-order valence-corrected chi connectivity index (χ1v) is 17.8. The largest absolute Gasteiger partial charge is 0.507 e. The van der Waals surface area contributed by atoms with Gasteiger partial charge in [0, 0.05) is 45.8 Å². The molecular weight excluding hydrogens is 681 g/mol. The van der Waals surface area contributed by atoms with Gasteiger partial charge in [0.05, 0.1) is 15.2 Å². The molecule has 0 saturated heterocycles. The molecule has 6 N–H and O–H groups in total. The van der Waals surface area contributed by atoms with Gasteiger partial charge in [-0.05, 0) is 66.0 Å². The first-order valence-electron chi connectivity index (χ1n) is 14.9. The number of anilines is 2. The third-order valence-electron chi connectivity index (χ3n) is 7.60. The number of ketones is 2. The Labute approximate surface area is 287 Å². The molecule has 0 aliphatic carbocycles. The van der Waals surface area contributed by atoms with Crippen LogP contribution in [0.1, 0.15) is 31.8 Å². The van der Waals surface area contributed by atoms with Crippen LogP contribution in [0, 0.1) is 0 Å². The second kappa shape index (κ2) is 13.8. The van der Waals surface area contributed by atoms with Crippen molar-refractivity contribution in [3.63, 3.8) is 0 Å². The Morgan fingerprint density at radius 3 is 1.16 bits per heavy atom. The highest BCUT2D eigenvalue weighted by Crippen LogP contribution is 2.37. The first kappa shape index (κ1) is 33.8. The Hall–Kier alpha value is -6.06. The minimum absolute atomic E-state index is 0.0849. The van der Waals surface area contributed by atoms with Crippen LogP contribution in [-0.2, 0) is 20.0 Å². The van der Waals surface area contributed by atoms with Crippen LogP contribution < -0.4 is 20.5 Å². The summed E-state index contributed by atoms with van der Waals surface area (Å²) in [6.07, 6.45) is 0. The monoisotopic (exact) mass is 708 g/mol. The van der Waals surface area contributed by atoms with Crippen molar-refractivity contribution in [2.24, 2.45) is 0 Å². The van der Waals surface area contributed by atoms with Gasteiger partial charge >= 0.3 is 0 Å². The van der Waals surface area contributed by atoms with E-state index in [0.717, 1.165) is 24.3 Å². The highest BCUT2D eigenvalue weighted by Gasteiger charge is 2.22. The zero-order chi connectivity index (χ0) is 35.5. The average Bonchev–Trinajstić information content (AvgIpc) is 3.13. The van der Waals surface area contributed by atoms with Gasteiger partial charge in [-0.15, -0.1) is 9.66 Å². The van der Waals surface area contributed by atoms with Gasteiger partial charge < -0.3 is 21.1 Å². The molecule has 0 spiro atoms. The van der Waals surface area contributed by atoms with Gasteiger partial charge in [-0.2, -0.15) is 0 Å². The fourth-order valence-corrected chi connectivity index (χ4v) is 6.86. The Morgan fingerprint density at radius 1 is 0.460 bits per heavy atom. The number of phenolic OH excluding ortho intramolecular Hbond substituents is 2. The summed E-state index contributed by atoms with van der Waals surface area (Å²) in [5.74, 6) is -1.62. The van der Waals surface area contributed by atoms with Crippen molar-refractivity contribution in [3.8, 4) is 11.5 Å². The summed E-state index contributed by atoms with van der Waals surface area (Å²) in [4.78, 5) is 28.8. The summed E-state index contributed by atoms with van der Waals surface area (Å²) >= 11 is 0. The zero-order valence-electron chi connectivity index (χ0n) is 25.9. The number of carbonyl (C=O) groups is 2. The van der Waals surface area contributed by atoms with Crippen molar-refractivity contribution < 1.29 is 36.6 Å². The fourth-order valence-electron chi connectivity index (χ4n) is 5.02. The van der Waals surface area contributed by atoms with Crippen molar-refractivity contribution in [2.75, 3.05) is 10.9 Å². The minimum Gasteiger partial charge on any atom is -0.507 e. The lowest BCUT2D eigenvalue weighted by atomic mass is 10.0. The predicted octanol–water partition coefficient (Wildman–Crippen LogP) is 5.32. The van der Waals surface area contributed by atoms with E-state index in [-0.39, 0.29) is 22.3 Å². The Bertz CT molecular complexity index is 2270. The second-order valence-corrected chi connectivity index (χ2v) is 14.4. The molecule has 0 radical (unpaired) electrons.